The van der Waals surface area contributed by atoms with Crippen LogP contribution in [0.4, 0.5) is 8.78 Å². The standard InChI is InChI=1S/C27H33F2N3O2/c28-27(29,23-3-1-2-11-30-23)18-31-12-8-25-9-14-32(17-19-4-5-19)24(26(25,34)10-13-31)15-20-6-7-21(33)16-22(20)25/h1-3,6-7,11,16,19,24,33-34H,4-5,8-10,12-15,17-18H2/t24-,25+,26-/m1/s1. The summed E-state index contributed by atoms with van der Waals surface area (Å²) in [6, 6.07) is 10.2. The van der Waals surface area contributed by atoms with Crippen molar-refractivity contribution in [2.75, 3.05) is 32.7 Å². The van der Waals surface area contributed by atoms with Crippen LogP contribution in [0.5, 0.6) is 5.75 Å². The topological polar surface area (TPSA) is 59.8 Å². The summed E-state index contributed by atoms with van der Waals surface area (Å²) in [6.07, 6.45) is 6.50. The number of rotatable bonds is 5. The summed E-state index contributed by atoms with van der Waals surface area (Å²) in [5.74, 6) is -2.13. The van der Waals surface area contributed by atoms with Crippen molar-refractivity contribution in [3.63, 3.8) is 0 Å². The number of benzene rings is 1. The molecule has 2 aromatic rings. The first-order chi connectivity index (χ1) is 16.3. The van der Waals surface area contributed by atoms with Crippen LogP contribution in [0.25, 0.3) is 0 Å². The SMILES string of the molecule is Oc1ccc2c(c1)[C@@]13CCN(CC(F)(F)c4ccccn4)CC[C@@]1(O)[C@@H](C2)N(CC1CC1)CC3. The highest BCUT2D eigenvalue weighted by atomic mass is 19.3. The second-order valence-corrected chi connectivity index (χ2v) is 11.0. The van der Waals surface area contributed by atoms with Gasteiger partial charge >= 0.3 is 5.92 Å². The molecule has 7 heteroatoms. The van der Waals surface area contributed by atoms with Gasteiger partial charge in [-0.1, -0.05) is 12.1 Å². The van der Waals surface area contributed by atoms with Crippen molar-refractivity contribution in [2.45, 2.75) is 61.5 Å². The molecule has 2 saturated heterocycles. The highest BCUT2D eigenvalue weighted by Crippen LogP contribution is 2.57. The van der Waals surface area contributed by atoms with Gasteiger partial charge < -0.3 is 10.2 Å². The van der Waals surface area contributed by atoms with Crippen molar-refractivity contribution in [3.8, 4) is 5.75 Å². The van der Waals surface area contributed by atoms with E-state index in [0.29, 0.717) is 25.9 Å². The fourth-order valence-corrected chi connectivity index (χ4v) is 7.01. The van der Waals surface area contributed by atoms with Crippen molar-refractivity contribution in [2.24, 2.45) is 5.92 Å². The first kappa shape index (κ1) is 22.4. The zero-order valence-corrected chi connectivity index (χ0v) is 19.5. The monoisotopic (exact) mass is 469 g/mol. The summed E-state index contributed by atoms with van der Waals surface area (Å²) < 4.78 is 30.2. The molecule has 1 saturated carbocycles. The predicted molar refractivity (Wildman–Crippen MR) is 125 cm³/mol. The van der Waals surface area contributed by atoms with Crippen LogP contribution < -0.4 is 0 Å². The number of aromatic nitrogens is 1. The Morgan fingerprint density at radius 1 is 1.06 bits per heavy atom. The lowest BCUT2D eigenvalue weighted by atomic mass is 9.52. The number of phenols is 1. The number of fused-ring (bicyclic) bond motifs is 1. The molecule has 34 heavy (non-hydrogen) atoms. The van der Waals surface area contributed by atoms with Gasteiger partial charge in [0.25, 0.3) is 0 Å². The number of phenolic OH excluding ortho intramolecular Hbond substituents is 1. The molecule has 4 aliphatic rings. The summed E-state index contributed by atoms with van der Waals surface area (Å²) in [4.78, 5) is 8.18. The predicted octanol–water partition coefficient (Wildman–Crippen LogP) is 3.68. The van der Waals surface area contributed by atoms with Gasteiger partial charge in [0.05, 0.1) is 12.1 Å². The fourth-order valence-electron chi connectivity index (χ4n) is 7.01. The Kier molecular flexibility index (Phi) is 5.24. The minimum atomic E-state index is -3.06. The molecule has 6 rings (SSSR count). The highest BCUT2D eigenvalue weighted by molar-refractivity contribution is 5.48. The summed E-state index contributed by atoms with van der Waals surface area (Å²) in [6.45, 7) is 2.41. The molecule has 0 amide bonds. The normalized spacial score (nSPS) is 32.0. The smallest absolute Gasteiger partial charge is 0.302 e. The average Bonchev–Trinajstić information content (AvgIpc) is 3.65. The molecule has 3 heterocycles. The number of hydrogen-bond acceptors (Lipinski definition) is 5. The van der Waals surface area contributed by atoms with Crippen LogP contribution in [-0.2, 0) is 17.8 Å². The Balaban J connectivity index is 1.34. The molecule has 2 aliphatic heterocycles. The van der Waals surface area contributed by atoms with Crippen molar-refractivity contribution >= 4 is 0 Å². The van der Waals surface area contributed by atoms with Gasteiger partial charge in [-0.2, -0.15) is 8.78 Å². The average molecular weight is 470 g/mol. The zero-order valence-electron chi connectivity index (χ0n) is 19.5. The van der Waals surface area contributed by atoms with Crippen molar-refractivity contribution in [3.05, 3.63) is 59.4 Å². The van der Waals surface area contributed by atoms with E-state index >= 15 is 8.78 Å². The minimum Gasteiger partial charge on any atom is -0.508 e. The van der Waals surface area contributed by atoms with E-state index in [0.717, 1.165) is 37.4 Å². The summed E-state index contributed by atoms with van der Waals surface area (Å²) >= 11 is 0. The Hall–Kier alpha value is -2.09. The lowest BCUT2D eigenvalue weighted by Gasteiger charge is -2.61. The van der Waals surface area contributed by atoms with E-state index in [1.54, 1.807) is 18.2 Å². The number of hydrogen-bond donors (Lipinski definition) is 2. The minimum absolute atomic E-state index is 0.0184. The van der Waals surface area contributed by atoms with Gasteiger partial charge in [0.15, 0.2) is 0 Å². The second-order valence-electron chi connectivity index (χ2n) is 11.0. The zero-order chi connectivity index (χ0) is 23.6. The molecule has 3 atom stereocenters. The number of halogens is 2. The molecule has 2 N–H and O–H groups in total. The molecule has 182 valence electrons. The second kappa shape index (κ2) is 7.97. The third kappa shape index (κ3) is 3.55. The largest absolute Gasteiger partial charge is 0.508 e. The third-order valence-corrected chi connectivity index (χ3v) is 8.98. The molecule has 2 bridgehead atoms. The van der Waals surface area contributed by atoms with Crippen LogP contribution in [0, 0.1) is 5.92 Å². The number of aliphatic hydroxyl groups is 1. The fraction of sp³-hybridized carbons (Fsp3) is 0.593. The number of pyridine rings is 1. The Labute approximate surface area is 199 Å². The molecule has 5 nitrogen and oxygen atoms in total. The number of nitrogens with zero attached hydrogens (tertiary/aromatic N) is 3. The van der Waals surface area contributed by atoms with Gasteiger partial charge in [-0.15, -0.1) is 0 Å². The van der Waals surface area contributed by atoms with Gasteiger partial charge in [-0.05, 0) is 92.9 Å². The quantitative estimate of drug-likeness (QED) is 0.700. The van der Waals surface area contributed by atoms with Crippen molar-refractivity contribution in [1.82, 2.24) is 14.8 Å². The lowest BCUT2D eigenvalue weighted by molar-refractivity contribution is -0.149. The van der Waals surface area contributed by atoms with Crippen LogP contribution >= 0.6 is 0 Å². The van der Waals surface area contributed by atoms with Gasteiger partial charge in [-0.3, -0.25) is 14.8 Å². The maximum atomic E-state index is 15.1. The number of likely N-dealkylation sites (tertiary alicyclic amines) is 2. The molecule has 0 radical (unpaired) electrons. The molecular formula is C27H33F2N3O2. The Morgan fingerprint density at radius 3 is 2.62 bits per heavy atom. The van der Waals surface area contributed by atoms with Crippen molar-refractivity contribution < 1.29 is 19.0 Å². The van der Waals surface area contributed by atoms with Gasteiger partial charge in [0, 0.05) is 30.7 Å². The number of aromatic hydroxyl groups is 1. The van der Waals surface area contributed by atoms with E-state index in [9.17, 15) is 10.2 Å². The van der Waals surface area contributed by atoms with Gasteiger partial charge in [0.2, 0.25) is 0 Å². The van der Waals surface area contributed by atoms with Crippen LogP contribution in [0.1, 0.15) is 48.9 Å². The van der Waals surface area contributed by atoms with E-state index in [1.165, 1.54) is 30.7 Å². The maximum absolute atomic E-state index is 15.1. The first-order valence-electron chi connectivity index (χ1n) is 12.6. The van der Waals surface area contributed by atoms with E-state index in [4.69, 9.17) is 0 Å². The van der Waals surface area contributed by atoms with E-state index < -0.39 is 23.5 Å². The van der Waals surface area contributed by atoms with Crippen LogP contribution in [0.3, 0.4) is 0 Å². The van der Waals surface area contributed by atoms with Gasteiger partial charge in [0.1, 0.15) is 11.4 Å². The van der Waals surface area contributed by atoms with E-state index in [2.05, 4.69) is 9.88 Å². The summed E-state index contributed by atoms with van der Waals surface area (Å²) in [7, 11) is 0. The third-order valence-electron chi connectivity index (χ3n) is 8.98. The molecule has 2 aliphatic carbocycles. The first-order valence-corrected chi connectivity index (χ1v) is 12.6. The van der Waals surface area contributed by atoms with Crippen LogP contribution in [0.15, 0.2) is 42.6 Å². The Morgan fingerprint density at radius 2 is 1.85 bits per heavy atom. The number of alkyl halides is 2. The Bertz CT molecular complexity index is 1060. The van der Waals surface area contributed by atoms with Gasteiger partial charge in [-0.25, -0.2) is 0 Å². The molecule has 1 aromatic heterocycles. The van der Waals surface area contributed by atoms with Crippen LogP contribution in [0.2, 0.25) is 0 Å². The van der Waals surface area contributed by atoms with E-state index in [-0.39, 0.29) is 17.5 Å². The highest BCUT2D eigenvalue weighted by Gasteiger charge is 2.63. The maximum Gasteiger partial charge on any atom is 0.302 e. The van der Waals surface area contributed by atoms with Crippen molar-refractivity contribution in [1.29, 1.82) is 0 Å². The molecule has 1 aromatic carbocycles. The number of piperidine rings is 1. The summed E-state index contributed by atoms with van der Waals surface area (Å²) in [5, 5.41) is 22.8. The lowest BCUT2D eigenvalue weighted by Crippen LogP contribution is -2.71. The van der Waals surface area contributed by atoms with Crippen LogP contribution in [-0.4, -0.2) is 69.4 Å². The molecule has 3 fully saturated rings. The summed E-state index contributed by atoms with van der Waals surface area (Å²) in [5.41, 5.74) is 0.462. The molecular weight excluding hydrogens is 436 g/mol. The molecule has 0 unspecified atom stereocenters. The van der Waals surface area contributed by atoms with E-state index in [1.807, 2.05) is 17.0 Å². The molecule has 0 spiro atoms.